The van der Waals surface area contributed by atoms with Gasteiger partial charge in [-0.25, -0.2) is 4.39 Å². The van der Waals surface area contributed by atoms with Crippen LogP contribution in [0.15, 0.2) is 30.9 Å². The second-order valence-electron chi connectivity index (χ2n) is 2.93. The number of nitro benzene ring substituents is 1. The summed E-state index contributed by atoms with van der Waals surface area (Å²) >= 11 is 0. The lowest BCUT2D eigenvalue weighted by atomic mass is 10.2. The number of hydrogen-bond donors (Lipinski definition) is 1. The fraction of sp³-hybridized carbons (Fsp3) is 0.200. The number of nitrogens with zero attached hydrogens (tertiary/aromatic N) is 1. The Kier molecular flexibility index (Phi) is 3.79. The molecular weight excluding hydrogens is 199 g/mol. The molecule has 1 N–H and O–H groups in total. The highest BCUT2D eigenvalue weighted by Crippen LogP contribution is 2.20. The van der Waals surface area contributed by atoms with Crippen molar-refractivity contribution in [2.75, 3.05) is 11.9 Å². The van der Waals surface area contributed by atoms with Gasteiger partial charge in [-0.1, -0.05) is 6.08 Å². The molecule has 0 bridgehead atoms. The van der Waals surface area contributed by atoms with E-state index < -0.39 is 10.7 Å². The molecule has 0 spiro atoms. The van der Waals surface area contributed by atoms with Gasteiger partial charge in [0.15, 0.2) is 5.82 Å². The predicted octanol–water partition coefficient (Wildman–Crippen LogP) is 2.72. The number of nitro groups is 1. The molecule has 1 rings (SSSR count). The smallest absolute Gasteiger partial charge is 0.272 e. The summed E-state index contributed by atoms with van der Waals surface area (Å²) in [5, 5.41) is 13.1. The minimum atomic E-state index is -0.628. The number of non-ortho nitro benzene ring substituents is 1. The second kappa shape index (κ2) is 5.09. The number of benzene rings is 1. The van der Waals surface area contributed by atoms with Crippen molar-refractivity contribution >= 4 is 11.4 Å². The van der Waals surface area contributed by atoms with E-state index >= 15 is 0 Å². The van der Waals surface area contributed by atoms with E-state index in [0.29, 0.717) is 13.0 Å². The van der Waals surface area contributed by atoms with Crippen LogP contribution in [-0.4, -0.2) is 11.5 Å². The molecule has 0 fully saturated rings. The quantitative estimate of drug-likeness (QED) is 0.352. The average Bonchev–Trinajstić information content (AvgIpc) is 2.20. The van der Waals surface area contributed by atoms with Crippen molar-refractivity contribution < 1.29 is 9.31 Å². The molecule has 80 valence electrons. The number of anilines is 1. The van der Waals surface area contributed by atoms with Gasteiger partial charge in [-0.15, -0.1) is 6.58 Å². The molecule has 15 heavy (non-hydrogen) atoms. The van der Waals surface area contributed by atoms with Crippen LogP contribution in [0.25, 0.3) is 0 Å². The van der Waals surface area contributed by atoms with Gasteiger partial charge in [0.25, 0.3) is 5.69 Å². The molecule has 0 unspecified atom stereocenters. The van der Waals surface area contributed by atoms with E-state index in [9.17, 15) is 14.5 Å². The summed E-state index contributed by atoms with van der Waals surface area (Å²) in [5.74, 6) is -0.617. The summed E-state index contributed by atoms with van der Waals surface area (Å²) < 4.78 is 13.2. The van der Waals surface area contributed by atoms with Crippen LogP contribution < -0.4 is 5.32 Å². The lowest BCUT2D eigenvalue weighted by Crippen LogP contribution is -2.02. The van der Waals surface area contributed by atoms with Gasteiger partial charge in [-0.05, 0) is 12.5 Å². The fourth-order valence-electron chi connectivity index (χ4n) is 1.07. The topological polar surface area (TPSA) is 55.2 Å². The largest absolute Gasteiger partial charge is 0.382 e. The Hall–Kier alpha value is -1.91. The third-order valence-corrected chi connectivity index (χ3v) is 1.83. The monoisotopic (exact) mass is 210 g/mol. The third kappa shape index (κ3) is 3.05. The Morgan fingerprint density at radius 1 is 1.60 bits per heavy atom. The van der Waals surface area contributed by atoms with Crippen LogP contribution in [0.5, 0.6) is 0 Å². The van der Waals surface area contributed by atoms with E-state index in [2.05, 4.69) is 11.9 Å². The van der Waals surface area contributed by atoms with E-state index in [1.807, 2.05) is 0 Å². The van der Waals surface area contributed by atoms with Crippen LogP contribution in [0.1, 0.15) is 6.42 Å². The maximum atomic E-state index is 13.2. The van der Waals surface area contributed by atoms with Crippen molar-refractivity contribution in [3.63, 3.8) is 0 Å². The summed E-state index contributed by atoms with van der Waals surface area (Å²) in [7, 11) is 0. The van der Waals surface area contributed by atoms with E-state index in [0.717, 1.165) is 6.07 Å². The maximum Gasteiger partial charge on any atom is 0.272 e. The minimum absolute atomic E-state index is 0.248. The lowest BCUT2D eigenvalue weighted by Gasteiger charge is -2.05. The lowest BCUT2D eigenvalue weighted by molar-refractivity contribution is -0.385. The van der Waals surface area contributed by atoms with Crippen molar-refractivity contribution in [3.05, 3.63) is 46.8 Å². The first-order valence-electron chi connectivity index (χ1n) is 4.44. The first-order chi connectivity index (χ1) is 7.15. The SMILES string of the molecule is C=CCCNc1ccc([N+](=O)[O-])cc1F. The Morgan fingerprint density at radius 3 is 2.87 bits per heavy atom. The van der Waals surface area contributed by atoms with Crippen LogP contribution in [0.3, 0.4) is 0 Å². The van der Waals surface area contributed by atoms with Gasteiger partial charge in [0, 0.05) is 12.6 Å². The van der Waals surface area contributed by atoms with Crippen LogP contribution in [-0.2, 0) is 0 Å². The highest BCUT2D eigenvalue weighted by molar-refractivity contribution is 5.50. The van der Waals surface area contributed by atoms with E-state index in [1.54, 1.807) is 6.08 Å². The number of nitrogens with one attached hydrogen (secondary N) is 1. The number of rotatable bonds is 5. The summed E-state index contributed by atoms with van der Waals surface area (Å²) in [6, 6.07) is 3.52. The molecule has 4 nitrogen and oxygen atoms in total. The molecule has 0 heterocycles. The molecule has 0 aromatic heterocycles. The average molecular weight is 210 g/mol. The molecule has 0 aliphatic rings. The zero-order valence-electron chi connectivity index (χ0n) is 8.07. The van der Waals surface area contributed by atoms with Gasteiger partial charge >= 0.3 is 0 Å². The van der Waals surface area contributed by atoms with Crippen LogP contribution in [0, 0.1) is 15.9 Å². The van der Waals surface area contributed by atoms with E-state index in [4.69, 9.17) is 0 Å². The first kappa shape index (κ1) is 11.2. The van der Waals surface area contributed by atoms with Crippen molar-refractivity contribution in [1.82, 2.24) is 0 Å². The van der Waals surface area contributed by atoms with Gasteiger partial charge in [0.05, 0.1) is 16.7 Å². The van der Waals surface area contributed by atoms with E-state index in [-0.39, 0.29) is 11.4 Å². The second-order valence-corrected chi connectivity index (χ2v) is 2.93. The number of hydrogen-bond acceptors (Lipinski definition) is 3. The molecule has 0 saturated carbocycles. The predicted molar refractivity (Wildman–Crippen MR) is 56.4 cm³/mol. The Labute approximate surface area is 86.6 Å². The summed E-state index contributed by atoms with van der Waals surface area (Å²) in [4.78, 5) is 9.70. The summed E-state index contributed by atoms with van der Waals surface area (Å²) in [6.45, 7) is 4.08. The fourth-order valence-corrected chi connectivity index (χ4v) is 1.07. The standard InChI is InChI=1S/C10H11FN2O2/c1-2-3-6-12-10-5-4-8(13(14)15)7-9(10)11/h2,4-5,7,12H,1,3,6H2. The van der Waals surface area contributed by atoms with Crippen LogP contribution >= 0.6 is 0 Å². The number of halogens is 1. The van der Waals surface area contributed by atoms with Crippen molar-refractivity contribution in [2.45, 2.75) is 6.42 Å². The van der Waals surface area contributed by atoms with Crippen molar-refractivity contribution in [1.29, 1.82) is 0 Å². The van der Waals surface area contributed by atoms with Gasteiger partial charge in [0.2, 0.25) is 0 Å². The molecule has 0 saturated heterocycles. The molecule has 0 radical (unpaired) electrons. The third-order valence-electron chi connectivity index (χ3n) is 1.83. The van der Waals surface area contributed by atoms with Crippen molar-refractivity contribution in [3.8, 4) is 0 Å². The molecule has 0 amide bonds. The molecule has 5 heteroatoms. The van der Waals surface area contributed by atoms with Gasteiger partial charge in [-0.2, -0.15) is 0 Å². The first-order valence-corrected chi connectivity index (χ1v) is 4.44. The molecule has 0 atom stereocenters. The minimum Gasteiger partial charge on any atom is -0.382 e. The van der Waals surface area contributed by atoms with Crippen molar-refractivity contribution in [2.24, 2.45) is 0 Å². The highest BCUT2D eigenvalue weighted by atomic mass is 19.1. The van der Waals surface area contributed by atoms with Crippen LogP contribution in [0.4, 0.5) is 15.8 Å². The molecule has 0 aliphatic carbocycles. The molecular formula is C10H11FN2O2. The zero-order chi connectivity index (χ0) is 11.3. The Morgan fingerprint density at radius 2 is 2.33 bits per heavy atom. The molecule has 1 aromatic carbocycles. The van der Waals surface area contributed by atoms with Gasteiger partial charge in [-0.3, -0.25) is 10.1 Å². The summed E-state index contributed by atoms with van der Waals surface area (Å²) in [5.41, 5.74) is 0.0178. The zero-order valence-corrected chi connectivity index (χ0v) is 8.07. The normalized spacial score (nSPS) is 9.67. The Bertz CT molecular complexity index is 380. The Balaban J connectivity index is 2.74. The maximum absolute atomic E-state index is 13.2. The summed E-state index contributed by atoms with van der Waals surface area (Å²) in [6.07, 6.45) is 2.41. The van der Waals surface area contributed by atoms with E-state index in [1.165, 1.54) is 12.1 Å². The van der Waals surface area contributed by atoms with Gasteiger partial charge in [0.1, 0.15) is 0 Å². The van der Waals surface area contributed by atoms with Crippen LogP contribution in [0.2, 0.25) is 0 Å². The highest BCUT2D eigenvalue weighted by Gasteiger charge is 2.09. The van der Waals surface area contributed by atoms with Gasteiger partial charge < -0.3 is 5.32 Å². The molecule has 1 aromatic rings. The molecule has 0 aliphatic heterocycles.